The van der Waals surface area contributed by atoms with Gasteiger partial charge in [-0.25, -0.2) is 8.42 Å². The number of hydrogen-bond donors (Lipinski definition) is 1. The highest BCUT2D eigenvalue weighted by atomic mass is 32.2. The topological polar surface area (TPSA) is 52.6 Å². The van der Waals surface area contributed by atoms with Crippen molar-refractivity contribution in [3.05, 3.63) is 60.7 Å². The first-order chi connectivity index (χ1) is 15.5. The van der Waals surface area contributed by atoms with Crippen LogP contribution in [0.25, 0.3) is 10.8 Å². The van der Waals surface area contributed by atoms with Gasteiger partial charge in [0, 0.05) is 29.4 Å². The molecule has 0 saturated heterocycles. The normalized spacial score (nSPS) is 14.0. The molecule has 4 rings (SSSR count). The van der Waals surface area contributed by atoms with Crippen LogP contribution in [-0.4, -0.2) is 51.8 Å². The number of sulfonamides is 1. The smallest absolute Gasteiger partial charge is 0.264 e. The molecule has 7 heteroatoms. The molecule has 1 N–H and O–H groups in total. The van der Waals surface area contributed by atoms with Crippen molar-refractivity contribution < 1.29 is 8.42 Å². The lowest BCUT2D eigenvalue weighted by Gasteiger charge is -2.30. The van der Waals surface area contributed by atoms with Gasteiger partial charge in [0.25, 0.3) is 10.0 Å². The van der Waals surface area contributed by atoms with Crippen LogP contribution in [0.1, 0.15) is 20.3 Å². The van der Waals surface area contributed by atoms with Crippen molar-refractivity contribution in [1.82, 2.24) is 4.90 Å². The van der Waals surface area contributed by atoms with E-state index >= 15 is 0 Å². The summed E-state index contributed by atoms with van der Waals surface area (Å²) in [6.45, 7) is 8.88. The molecule has 1 aliphatic heterocycles. The Kier molecular flexibility index (Phi) is 7.28. The molecule has 3 aromatic rings. The Morgan fingerprint density at radius 1 is 1.00 bits per heavy atom. The van der Waals surface area contributed by atoms with Gasteiger partial charge in [-0.05, 0) is 67.2 Å². The molecule has 0 atom stereocenters. The second kappa shape index (κ2) is 10.1. The molecular formula is C25H31N3O2S2. The minimum atomic E-state index is -3.64. The first-order valence-electron chi connectivity index (χ1n) is 11.3. The highest BCUT2D eigenvalue weighted by molar-refractivity contribution is 8.00. The summed E-state index contributed by atoms with van der Waals surface area (Å²) < 4.78 is 28.8. The van der Waals surface area contributed by atoms with E-state index in [1.165, 1.54) is 0 Å². The van der Waals surface area contributed by atoms with Crippen molar-refractivity contribution in [1.29, 1.82) is 0 Å². The van der Waals surface area contributed by atoms with E-state index < -0.39 is 10.0 Å². The number of hydrogen-bond acceptors (Lipinski definition) is 5. The highest BCUT2D eigenvalue weighted by Gasteiger charge is 2.30. The third-order valence-electron chi connectivity index (χ3n) is 5.96. The maximum atomic E-state index is 13.6. The Labute approximate surface area is 195 Å². The van der Waals surface area contributed by atoms with Crippen molar-refractivity contribution in [3.8, 4) is 0 Å². The van der Waals surface area contributed by atoms with Gasteiger partial charge in [-0.1, -0.05) is 44.2 Å². The van der Waals surface area contributed by atoms with Crippen LogP contribution in [-0.2, 0) is 10.0 Å². The molecule has 170 valence electrons. The molecule has 0 spiro atoms. The van der Waals surface area contributed by atoms with Crippen LogP contribution in [0.3, 0.4) is 0 Å². The van der Waals surface area contributed by atoms with Gasteiger partial charge in [-0.2, -0.15) is 0 Å². The molecule has 0 bridgehead atoms. The number of rotatable bonds is 9. The molecule has 5 nitrogen and oxygen atoms in total. The van der Waals surface area contributed by atoms with Gasteiger partial charge >= 0.3 is 0 Å². The summed E-state index contributed by atoms with van der Waals surface area (Å²) in [6.07, 6.45) is 1.05. The average Bonchev–Trinajstić information content (AvgIpc) is 2.83. The van der Waals surface area contributed by atoms with E-state index in [-0.39, 0.29) is 0 Å². The van der Waals surface area contributed by atoms with Gasteiger partial charge in [-0.15, -0.1) is 11.8 Å². The molecule has 32 heavy (non-hydrogen) atoms. The Bertz CT molecular complexity index is 1180. The fourth-order valence-electron chi connectivity index (χ4n) is 4.08. The zero-order valence-corrected chi connectivity index (χ0v) is 20.4. The Balaban J connectivity index is 1.55. The summed E-state index contributed by atoms with van der Waals surface area (Å²) in [5, 5.41) is 5.45. The molecule has 0 radical (unpaired) electrons. The van der Waals surface area contributed by atoms with E-state index in [0.717, 1.165) is 65.4 Å². The standard InChI is InChI=1S/C25H31N3O2S2/c1-3-27(4-2)15-7-14-26-22-11-13-25-24(19-22)28(16-17-31-25)32(29,30)23-12-10-20-8-5-6-9-21(20)18-23/h5-6,8-13,18-19,26H,3-4,7,14-17H2,1-2H3. The van der Waals surface area contributed by atoms with Crippen LogP contribution in [0, 0.1) is 0 Å². The van der Waals surface area contributed by atoms with Crippen molar-refractivity contribution in [3.63, 3.8) is 0 Å². The van der Waals surface area contributed by atoms with Crippen LogP contribution in [0.15, 0.2) is 70.5 Å². The zero-order chi connectivity index (χ0) is 22.6. The summed E-state index contributed by atoms with van der Waals surface area (Å²) in [7, 11) is -3.64. The second-order valence-electron chi connectivity index (χ2n) is 7.92. The lowest BCUT2D eigenvalue weighted by atomic mass is 10.1. The van der Waals surface area contributed by atoms with E-state index in [0.29, 0.717) is 11.4 Å². The quantitative estimate of drug-likeness (QED) is 0.432. The average molecular weight is 470 g/mol. The summed E-state index contributed by atoms with van der Waals surface area (Å²) in [5.41, 5.74) is 1.73. The van der Waals surface area contributed by atoms with E-state index in [1.807, 2.05) is 42.5 Å². The molecule has 1 heterocycles. The number of nitrogens with zero attached hydrogens (tertiary/aromatic N) is 2. The van der Waals surface area contributed by atoms with Gasteiger partial charge < -0.3 is 10.2 Å². The number of thioether (sulfide) groups is 1. The van der Waals surface area contributed by atoms with E-state index in [2.05, 4.69) is 30.1 Å². The Hall–Kier alpha value is -2.22. The molecule has 0 amide bonds. The van der Waals surface area contributed by atoms with Crippen molar-refractivity contribution in [2.45, 2.75) is 30.1 Å². The molecule has 0 aromatic heterocycles. The molecule has 0 fully saturated rings. The highest BCUT2D eigenvalue weighted by Crippen LogP contribution is 2.39. The second-order valence-corrected chi connectivity index (χ2v) is 10.9. The summed E-state index contributed by atoms with van der Waals surface area (Å²) in [4.78, 5) is 3.75. The number of nitrogens with one attached hydrogen (secondary N) is 1. The minimum absolute atomic E-state index is 0.339. The monoisotopic (exact) mass is 469 g/mol. The Morgan fingerprint density at radius 3 is 2.56 bits per heavy atom. The lowest BCUT2D eigenvalue weighted by Crippen LogP contribution is -2.35. The van der Waals surface area contributed by atoms with E-state index in [9.17, 15) is 8.42 Å². The summed E-state index contributed by atoms with van der Waals surface area (Å²) in [6, 6.07) is 19.3. The SMILES string of the molecule is CCN(CC)CCCNc1ccc2c(c1)N(S(=O)(=O)c1ccc3ccccc3c1)CCS2. The molecular weight excluding hydrogens is 438 g/mol. The maximum absolute atomic E-state index is 13.6. The van der Waals surface area contributed by atoms with Crippen LogP contribution >= 0.6 is 11.8 Å². The lowest BCUT2D eigenvalue weighted by molar-refractivity contribution is 0.303. The van der Waals surface area contributed by atoms with Gasteiger partial charge in [-0.3, -0.25) is 4.31 Å². The fourth-order valence-corrected chi connectivity index (χ4v) is 6.74. The largest absolute Gasteiger partial charge is 0.385 e. The minimum Gasteiger partial charge on any atom is -0.385 e. The first-order valence-corrected chi connectivity index (χ1v) is 13.7. The van der Waals surface area contributed by atoms with Crippen molar-refractivity contribution in [2.75, 3.05) is 48.1 Å². The fraction of sp³-hybridized carbons (Fsp3) is 0.360. The Morgan fingerprint density at radius 2 is 1.78 bits per heavy atom. The zero-order valence-electron chi connectivity index (χ0n) is 18.8. The van der Waals surface area contributed by atoms with Crippen LogP contribution < -0.4 is 9.62 Å². The number of fused-ring (bicyclic) bond motifs is 2. The third kappa shape index (κ3) is 4.90. The maximum Gasteiger partial charge on any atom is 0.264 e. The van der Waals surface area contributed by atoms with E-state index in [4.69, 9.17) is 0 Å². The summed E-state index contributed by atoms with van der Waals surface area (Å²) in [5.74, 6) is 0.746. The molecule has 1 aliphatic rings. The predicted octanol–water partition coefficient (Wildman–Crippen LogP) is 5.28. The molecule has 0 aliphatic carbocycles. The third-order valence-corrected chi connectivity index (χ3v) is 8.82. The predicted molar refractivity (Wildman–Crippen MR) is 137 cm³/mol. The van der Waals surface area contributed by atoms with Crippen molar-refractivity contribution in [2.24, 2.45) is 0 Å². The number of benzene rings is 3. The van der Waals surface area contributed by atoms with Crippen LogP contribution in [0.4, 0.5) is 11.4 Å². The first kappa shape index (κ1) is 23.0. The van der Waals surface area contributed by atoms with Crippen molar-refractivity contribution >= 4 is 43.9 Å². The van der Waals surface area contributed by atoms with Gasteiger partial charge in [0.05, 0.1) is 10.6 Å². The van der Waals surface area contributed by atoms with Gasteiger partial charge in [0.2, 0.25) is 0 Å². The van der Waals surface area contributed by atoms with Gasteiger partial charge in [0.1, 0.15) is 0 Å². The molecule has 3 aromatic carbocycles. The van der Waals surface area contributed by atoms with Crippen LogP contribution in [0.5, 0.6) is 0 Å². The number of anilines is 2. The molecule has 0 unspecified atom stereocenters. The van der Waals surface area contributed by atoms with Crippen LogP contribution in [0.2, 0.25) is 0 Å². The van der Waals surface area contributed by atoms with E-state index in [1.54, 1.807) is 28.2 Å². The molecule has 0 saturated carbocycles. The van der Waals surface area contributed by atoms with Gasteiger partial charge in [0.15, 0.2) is 0 Å². The summed E-state index contributed by atoms with van der Waals surface area (Å²) >= 11 is 1.71.